The average Bonchev–Trinajstić information content (AvgIpc) is 3.15. The highest BCUT2D eigenvalue weighted by Gasteiger charge is 2.26. The number of aromatic nitrogens is 1. The van der Waals surface area contributed by atoms with Gasteiger partial charge in [-0.05, 0) is 48.9 Å². The van der Waals surface area contributed by atoms with Crippen molar-refractivity contribution in [2.45, 2.75) is 35.5 Å². The summed E-state index contributed by atoms with van der Waals surface area (Å²) in [6.07, 6.45) is 1.80. The third-order valence-corrected chi connectivity index (χ3v) is 9.22. The van der Waals surface area contributed by atoms with Crippen LogP contribution in [0.4, 0.5) is 5.69 Å². The van der Waals surface area contributed by atoms with Crippen LogP contribution in [0.15, 0.2) is 87.6 Å². The molecule has 10 heteroatoms. The van der Waals surface area contributed by atoms with Crippen molar-refractivity contribution in [1.82, 2.24) is 8.71 Å². The number of nitro benzene ring substituents is 1. The van der Waals surface area contributed by atoms with Crippen LogP contribution in [0.1, 0.15) is 35.5 Å². The summed E-state index contributed by atoms with van der Waals surface area (Å²) in [5.74, 6) is -0.291. The van der Waals surface area contributed by atoms with E-state index in [0.29, 0.717) is 18.8 Å². The zero-order valence-corrected chi connectivity index (χ0v) is 21.7. The van der Waals surface area contributed by atoms with Crippen LogP contribution in [-0.2, 0) is 10.0 Å². The Morgan fingerprint density at radius 3 is 2.36 bits per heavy atom. The van der Waals surface area contributed by atoms with Gasteiger partial charge in [-0.25, -0.2) is 8.42 Å². The number of fused-ring (bicyclic) bond motifs is 1. The van der Waals surface area contributed by atoms with Crippen molar-refractivity contribution >= 4 is 38.8 Å². The molecule has 0 saturated heterocycles. The Morgan fingerprint density at radius 2 is 1.72 bits per heavy atom. The number of carbonyl (C=O) groups is 1. The third kappa shape index (κ3) is 4.67. The molecule has 0 aliphatic carbocycles. The lowest BCUT2D eigenvalue weighted by Crippen LogP contribution is -2.30. The molecule has 0 aliphatic heterocycles. The predicted molar refractivity (Wildman–Crippen MR) is 139 cm³/mol. The van der Waals surface area contributed by atoms with Crippen LogP contribution in [0.5, 0.6) is 0 Å². The van der Waals surface area contributed by atoms with Crippen molar-refractivity contribution in [2.75, 3.05) is 13.1 Å². The van der Waals surface area contributed by atoms with E-state index in [-0.39, 0.29) is 21.9 Å². The number of nitro groups is 1. The third-order valence-electron chi connectivity index (χ3n) is 5.95. The molecule has 0 amide bonds. The van der Waals surface area contributed by atoms with Gasteiger partial charge in [0.05, 0.1) is 21.0 Å². The first-order valence-corrected chi connectivity index (χ1v) is 13.6. The van der Waals surface area contributed by atoms with Gasteiger partial charge in [0.15, 0.2) is 0 Å². The van der Waals surface area contributed by atoms with Gasteiger partial charge < -0.3 is 4.40 Å². The molecule has 186 valence electrons. The molecule has 4 rings (SSSR count). The molecule has 0 atom stereocenters. The topological polar surface area (TPSA) is 102 Å². The molecule has 0 aliphatic rings. The van der Waals surface area contributed by atoms with Gasteiger partial charge in [0.1, 0.15) is 0 Å². The van der Waals surface area contributed by atoms with Crippen molar-refractivity contribution in [3.05, 3.63) is 99.9 Å². The van der Waals surface area contributed by atoms with Crippen molar-refractivity contribution in [3.8, 4) is 0 Å². The van der Waals surface area contributed by atoms with Crippen LogP contribution >= 0.6 is 11.8 Å². The SMILES string of the molecule is CCN(CC)S(=O)(=O)c1cccc(C(=O)c2c(C)c(Sc3ccc([N+](=O)[O-])cc3)c3ccccn23)c1. The Hall–Kier alpha value is -3.47. The lowest BCUT2D eigenvalue weighted by atomic mass is 10.1. The molecule has 0 unspecified atom stereocenters. The second kappa shape index (κ2) is 10.3. The standard InChI is InChI=1S/C26H25N3O5S2/c1-4-27(5-2)36(33,34)22-10-8-9-19(17-22)25(30)24-18(3)26(23-11-6-7-16-28(23)24)35-21-14-12-20(13-15-21)29(31)32/h6-17H,4-5H2,1-3H3. The van der Waals surface area contributed by atoms with Crippen LogP contribution in [0.25, 0.3) is 5.52 Å². The summed E-state index contributed by atoms with van der Waals surface area (Å²) < 4.78 is 29.2. The van der Waals surface area contributed by atoms with Gasteiger partial charge >= 0.3 is 0 Å². The minimum Gasteiger partial charge on any atom is -0.312 e. The largest absolute Gasteiger partial charge is 0.312 e. The number of benzene rings is 2. The first-order chi connectivity index (χ1) is 17.2. The zero-order chi connectivity index (χ0) is 26.0. The summed E-state index contributed by atoms with van der Waals surface area (Å²) in [6.45, 7) is 6.07. The van der Waals surface area contributed by atoms with E-state index in [2.05, 4.69) is 0 Å². The average molecular weight is 524 g/mol. The highest BCUT2D eigenvalue weighted by atomic mass is 32.2. The molecule has 8 nitrogen and oxygen atoms in total. The fraction of sp³-hybridized carbons (Fsp3) is 0.192. The lowest BCUT2D eigenvalue weighted by Gasteiger charge is -2.18. The van der Waals surface area contributed by atoms with Crippen LogP contribution in [0.2, 0.25) is 0 Å². The number of nitrogens with zero attached hydrogens (tertiary/aromatic N) is 3. The van der Waals surface area contributed by atoms with E-state index in [0.717, 1.165) is 20.9 Å². The molecule has 0 spiro atoms. The number of pyridine rings is 1. The van der Waals surface area contributed by atoms with Crippen molar-refractivity contribution < 1.29 is 18.1 Å². The molecule has 0 radical (unpaired) electrons. The maximum Gasteiger partial charge on any atom is 0.269 e. The molecule has 2 aromatic heterocycles. The summed E-state index contributed by atoms with van der Waals surface area (Å²) in [5, 5.41) is 11.0. The maximum atomic E-state index is 13.7. The van der Waals surface area contributed by atoms with Crippen LogP contribution in [-0.4, -0.2) is 40.9 Å². The predicted octanol–water partition coefficient (Wildman–Crippen LogP) is 5.57. The quantitative estimate of drug-likeness (QED) is 0.161. The molecule has 2 heterocycles. The zero-order valence-electron chi connectivity index (χ0n) is 20.0. The number of ketones is 1. The van der Waals surface area contributed by atoms with E-state index in [9.17, 15) is 23.3 Å². The molecule has 0 fully saturated rings. The van der Waals surface area contributed by atoms with Gasteiger partial charge in [0, 0.05) is 46.8 Å². The Bertz CT molecular complexity index is 1560. The molecule has 4 aromatic rings. The highest BCUT2D eigenvalue weighted by Crippen LogP contribution is 2.38. The summed E-state index contributed by atoms with van der Waals surface area (Å²) >= 11 is 1.42. The lowest BCUT2D eigenvalue weighted by molar-refractivity contribution is -0.384. The fourth-order valence-electron chi connectivity index (χ4n) is 4.11. The number of sulfonamides is 1. The van der Waals surface area contributed by atoms with Gasteiger partial charge in [0.25, 0.3) is 5.69 Å². The summed E-state index contributed by atoms with van der Waals surface area (Å²) in [7, 11) is -3.71. The number of rotatable bonds is 9. The van der Waals surface area contributed by atoms with E-state index in [4.69, 9.17) is 0 Å². The number of carbonyl (C=O) groups excluding carboxylic acids is 1. The van der Waals surface area contributed by atoms with Gasteiger partial charge in [-0.3, -0.25) is 14.9 Å². The Balaban J connectivity index is 1.78. The Labute approximate surface area is 213 Å². The Kier molecular flexibility index (Phi) is 7.30. The number of non-ortho nitro benzene ring substituents is 1. The first kappa shape index (κ1) is 25.6. The first-order valence-electron chi connectivity index (χ1n) is 11.4. The van der Waals surface area contributed by atoms with Gasteiger partial charge in [-0.15, -0.1) is 0 Å². The van der Waals surface area contributed by atoms with E-state index >= 15 is 0 Å². The Morgan fingerprint density at radius 1 is 1.03 bits per heavy atom. The highest BCUT2D eigenvalue weighted by molar-refractivity contribution is 7.99. The summed E-state index contributed by atoms with van der Waals surface area (Å²) in [5.41, 5.74) is 2.28. The van der Waals surface area contributed by atoms with E-state index < -0.39 is 14.9 Å². The van der Waals surface area contributed by atoms with Crippen molar-refractivity contribution in [3.63, 3.8) is 0 Å². The fourth-order valence-corrected chi connectivity index (χ4v) is 6.65. The smallest absolute Gasteiger partial charge is 0.269 e. The molecule has 36 heavy (non-hydrogen) atoms. The van der Waals surface area contributed by atoms with E-state index in [1.54, 1.807) is 48.7 Å². The van der Waals surface area contributed by atoms with Gasteiger partial charge in [0.2, 0.25) is 15.8 Å². The van der Waals surface area contributed by atoms with Gasteiger partial charge in [-0.2, -0.15) is 4.31 Å². The normalized spacial score (nSPS) is 11.8. The van der Waals surface area contributed by atoms with Crippen LogP contribution in [0, 0.1) is 17.0 Å². The second-order valence-corrected chi connectivity index (χ2v) is 11.1. The van der Waals surface area contributed by atoms with E-state index in [1.165, 1.54) is 40.3 Å². The van der Waals surface area contributed by atoms with Crippen LogP contribution in [0.3, 0.4) is 0 Å². The summed E-state index contributed by atoms with van der Waals surface area (Å²) in [4.78, 5) is 26.0. The molecular formula is C26H25N3O5S2. The minimum atomic E-state index is -3.71. The maximum absolute atomic E-state index is 13.7. The van der Waals surface area contributed by atoms with E-state index in [1.807, 2.05) is 25.1 Å². The molecular weight excluding hydrogens is 498 g/mol. The number of hydrogen-bond acceptors (Lipinski definition) is 6. The van der Waals surface area contributed by atoms with Gasteiger partial charge in [-0.1, -0.05) is 43.8 Å². The summed E-state index contributed by atoms with van der Waals surface area (Å²) in [6, 6.07) is 18.0. The van der Waals surface area contributed by atoms with Crippen molar-refractivity contribution in [1.29, 1.82) is 0 Å². The minimum absolute atomic E-state index is 0.00761. The molecule has 2 aromatic carbocycles. The molecule has 0 saturated carbocycles. The monoisotopic (exact) mass is 523 g/mol. The second-order valence-electron chi connectivity index (χ2n) is 8.06. The molecule has 0 bridgehead atoms. The molecule has 0 N–H and O–H groups in total. The van der Waals surface area contributed by atoms with Crippen LogP contribution < -0.4 is 0 Å². The van der Waals surface area contributed by atoms with Crippen molar-refractivity contribution in [2.24, 2.45) is 0 Å². The number of hydrogen-bond donors (Lipinski definition) is 0.